The van der Waals surface area contributed by atoms with Crippen LogP contribution in [0.2, 0.25) is 0 Å². The van der Waals surface area contributed by atoms with E-state index < -0.39 is 0 Å². The molecular formula is C11H14BrNOS. The van der Waals surface area contributed by atoms with Gasteiger partial charge in [0.1, 0.15) is 0 Å². The molecule has 0 saturated carbocycles. The predicted molar refractivity (Wildman–Crippen MR) is 65.8 cm³/mol. The Balaban J connectivity index is 2.01. The number of hydrogen-bond acceptors (Lipinski definition) is 2. The van der Waals surface area contributed by atoms with Crippen LogP contribution in [0, 0.1) is 5.92 Å². The summed E-state index contributed by atoms with van der Waals surface area (Å²) in [6, 6.07) is 2.04. The lowest BCUT2D eigenvalue weighted by Gasteiger charge is -2.15. The van der Waals surface area contributed by atoms with Crippen molar-refractivity contribution in [2.24, 2.45) is 5.92 Å². The van der Waals surface area contributed by atoms with Crippen LogP contribution in [0.15, 0.2) is 15.9 Å². The van der Waals surface area contributed by atoms with Gasteiger partial charge in [-0.15, -0.1) is 11.3 Å². The van der Waals surface area contributed by atoms with Crippen LogP contribution in [0.4, 0.5) is 0 Å². The first-order chi connectivity index (χ1) is 7.20. The molecule has 0 aliphatic carbocycles. The maximum absolute atomic E-state index is 11.7. The third-order valence-electron chi connectivity index (χ3n) is 2.90. The van der Waals surface area contributed by atoms with Crippen molar-refractivity contribution in [3.63, 3.8) is 0 Å². The van der Waals surface area contributed by atoms with Gasteiger partial charge < -0.3 is 4.90 Å². The van der Waals surface area contributed by atoms with Crippen LogP contribution in [-0.4, -0.2) is 17.4 Å². The summed E-state index contributed by atoms with van der Waals surface area (Å²) in [6.45, 7) is 3.86. The zero-order valence-corrected chi connectivity index (χ0v) is 11.1. The van der Waals surface area contributed by atoms with Gasteiger partial charge in [0.05, 0.1) is 6.54 Å². The van der Waals surface area contributed by atoms with Gasteiger partial charge in [-0.2, -0.15) is 0 Å². The van der Waals surface area contributed by atoms with Gasteiger partial charge >= 0.3 is 0 Å². The SMILES string of the molecule is CCC1CC(=O)N(Cc2sccc2Br)C1. The molecule has 1 aromatic heterocycles. The van der Waals surface area contributed by atoms with Crippen LogP contribution in [0.1, 0.15) is 24.6 Å². The number of likely N-dealkylation sites (tertiary alicyclic amines) is 1. The molecule has 15 heavy (non-hydrogen) atoms. The number of halogens is 1. The Morgan fingerprint density at radius 2 is 2.47 bits per heavy atom. The van der Waals surface area contributed by atoms with Crippen molar-refractivity contribution < 1.29 is 4.79 Å². The van der Waals surface area contributed by atoms with E-state index in [9.17, 15) is 4.79 Å². The Kier molecular flexibility index (Phi) is 3.46. The predicted octanol–water partition coefficient (Wildman–Crippen LogP) is 3.27. The van der Waals surface area contributed by atoms with Crippen molar-refractivity contribution >= 4 is 33.2 Å². The highest BCUT2D eigenvalue weighted by Crippen LogP contribution is 2.28. The zero-order valence-electron chi connectivity index (χ0n) is 8.70. The largest absolute Gasteiger partial charge is 0.337 e. The van der Waals surface area contributed by atoms with Crippen LogP contribution in [0.3, 0.4) is 0 Å². The highest BCUT2D eigenvalue weighted by molar-refractivity contribution is 9.10. The van der Waals surface area contributed by atoms with E-state index in [0.29, 0.717) is 11.8 Å². The number of rotatable bonds is 3. The number of thiophene rings is 1. The van der Waals surface area contributed by atoms with Crippen LogP contribution >= 0.6 is 27.3 Å². The quantitative estimate of drug-likeness (QED) is 0.836. The number of nitrogens with zero attached hydrogens (tertiary/aromatic N) is 1. The van der Waals surface area contributed by atoms with Crippen molar-refractivity contribution in [3.8, 4) is 0 Å². The first kappa shape index (κ1) is 11.1. The van der Waals surface area contributed by atoms with Gasteiger partial charge in [0, 0.05) is 22.3 Å². The molecule has 0 spiro atoms. The van der Waals surface area contributed by atoms with E-state index in [1.807, 2.05) is 11.0 Å². The Bertz CT molecular complexity index is 363. The van der Waals surface area contributed by atoms with Crippen LogP contribution < -0.4 is 0 Å². The monoisotopic (exact) mass is 287 g/mol. The molecule has 1 fully saturated rings. The number of carbonyl (C=O) groups is 1. The van der Waals surface area contributed by atoms with Crippen molar-refractivity contribution in [2.75, 3.05) is 6.54 Å². The molecule has 0 radical (unpaired) electrons. The first-order valence-electron chi connectivity index (χ1n) is 5.20. The maximum atomic E-state index is 11.7. The summed E-state index contributed by atoms with van der Waals surface area (Å²) in [5.74, 6) is 0.874. The third kappa shape index (κ3) is 2.42. The van der Waals surface area contributed by atoms with Gasteiger partial charge in [0.15, 0.2) is 0 Å². The lowest BCUT2D eigenvalue weighted by Crippen LogP contribution is -2.24. The minimum atomic E-state index is 0.308. The highest BCUT2D eigenvalue weighted by Gasteiger charge is 2.28. The summed E-state index contributed by atoms with van der Waals surface area (Å²) >= 11 is 5.20. The molecule has 2 rings (SSSR count). The normalized spacial score (nSPS) is 21.3. The molecule has 1 amide bonds. The smallest absolute Gasteiger partial charge is 0.223 e. The van der Waals surface area contributed by atoms with Gasteiger partial charge in [0.25, 0.3) is 0 Å². The molecule has 4 heteroatoms. The number of amides is 1. The number of carbonyl (C=O) groups excluding carboxylic acids is 1. The lowest BCUT2D eigenvalue weighted by molar-refractivity contribution is -0.128. The second-order valence-electron chi connectivity index (χ2n) is 3.94. The van der Waals surface area contributed by atoms with Gasteiger partial charge in [-0.05, 0) is 33.3 Å². The molecular weight excluding hydrogens is 274 g/mol. The fourth-order valence-corrected chi connectivity index (χ4v) is 3.38. The van der Waals surface area contributed by atoms with Gasteiger partial charge in [-0.1, -0.05) is 13.3 Å². The summed E-state index contributed by atoms with van der Waals surface area (Å²) in [5, 5.41) is 2.05. The molecule has 0 aromatic carbocycles. The van der Waals surface area contributed by atoms with Crippen molar-refractivity contribution in [3.05, 3.63) is 20.8 Å². The third-order valence-corrected chi connectivity index (χ3v) is 4.81. The molecule has 82 valence electrons. The summed E-state index contributed by atoms with van der Waals surface area (Å²) in [7, 11) is 0. The highest BCUT2D eigenvalue weighted by atomic mass is 79.9. The van der Waals surface area contributed by atoms with Crippen LogP contribution in [0.25, 0.3) is 0 Å². The minimum Gasteiger partial charge on any atom is -0.337 e. The van der Waals surface area contributed by atoms with Crippen molar-refractivity contribution in [1.29, 1.82) is 0 Å². The second kappa shape index (κ2) is 4.66. The van der Waals surface area contributed by atoms with Crippen LogP contribution in [-0.2, 0) is 11.3 Å². The topological polar surface area (TPSA) is 20.3 Å². The first-order valence-corrected chi connectivity index (χ1v) is 6.87. The van der Waals surface area contributed by atoms with E-state index >= 15 is 0 Å². The second-order valence-corrected chi connectivity index (χ2v) is 5.80. The van der Waals surface area contributed by atoms with E-state index in [-0.39, 0.29) is 0 Å². The Hall–Kier alpha value is -0.350. The summed E-state index contributed by atoms with van der Waals surface area (Å²) in [4.78, 5) is 14.9. The fourth-order valence-electron chi connectivity index (χ4n) is 1.89. The molecule has 1 aliphatic heterocycles. The van der Waals surface area contributed by atoms with Crippen molar-refractivity contribution in [1.82, 2.24) is 4.90 Å². The molecule has 1 atom stereocenters. The summed E-state index contributed by atoms with van der Waals surface area (Å²) < 4.78 is 1.13. The molecule has 0 bridgehead atoms. The van der Waals surface area contributed by atoms with Crippen molar-refractivity contribution in [2.45, 2.75) is 26.3 Å². The van der Waals surface area contributed by atoms with Gasteiger partial charge in [-0.3, -0.25) is 4.79 Å². The number of hydrogen-bond donors (Lipinski definition) is 0. The zero-order chi connectivity index (χ0) is 10.8. The Morgan fingerprint density at radius 1 is 1.67 bits per heavy atom. The molecule has 1 saturated heterocycles. The molecule has 1 unspecified atom stereocenters. The Labute approximate surface area is 102 Å². The molecule has 1 aliphatic rings. The molecule has 0 N–H and O–H groups in total. The molecule has 1 aromatic rings. The molecule has 2 heterocycles. The minimum absolute atomic E-state index is 0.308. The van der Waals surface area contributed by atoms with E-state index in [2.05, 4.69) is 28.2 Å². The van der Waals surface area contributed by atoms with Crippen LogP contribution in [0.5, 0.6) is 0 Å². The summed E-state index contributed by atoms with van der Waals surface area (Å²) in [6.07, 6.45) is 1.84. The van der Waals surface area contributed by atoms with E-state index in [0.717, 1.165) is 30.4 Å². The summed E-state index contributed by atoms with van der Waals surface area (Å²) in [5.41, 5.74) is 0. The fraction of sp³-hybridized carbons (Fsp3) is 0.545. The van der Waals surface area contributed by atoms with Gasteiger partial charge in [0.2, 0.25) is 5.91 Å². The van der Waals surface area contributed by atoms with E-state index in [4.69, 9.17) is 0 Å². The van der Waals surface area contributed by atoms with Gasteiger partial charge in [-0.25, -0.2) is 0 Å². The Morgan fingerprint density at radius 3 is 3.00 bits per heavy atom. The molecule has 2 nitrogen and oxygen atoms in total. The standard InChI is InChI=1S/C11H14BrNOS/c1-2-8-5-11(14)13(6-8)7-10-9(12)3-4-15-10/h3-4,8H,2,5-7H2,1H3. The average molecular weight is 288 g/mol. The average Bonchev–Trinajstić information content (AvgIpc) is 2.76. The van der Waals surface area contributed by atoms with E-state index in [1.165, 1.54) is 4.88 Å². The van der Waals surface area contributed by atoms with E-state index in [1.54, 1.807) is 11.3 Å². The lowest BCUT2D eigenvalue weighted by atomic mass is 10.1. The maximum Gasteiger partial charge on any atom is 0.223 e.